The Morgan fingerprint density at radius 3 is 0.889 bits per heavy atom. The van der Waals surface area contributed by atoms with Gasteiger partial charge in [-0.3, -0.25) is 0 Å². The first kappa shape index (κ1) is 35.3. The Balaban J connectivity index is 4.13. The highest BCUT2D eigenvalue weighted by Crippen LogP contribution is 2.26. The van der Waals surface area contributed by atoms with Crippen LogP contribution in [0.5, 0.6) is 0 Å². The maximum atomic E-state index is 11.7. The van der Waals surface area contributed by atoms with Gasteiger partial charge in [0.2, 0.25) is 0 Å². The second kappa shape index (κ2) is 30.6. The van der Waals surface area contributed by atoms with E-state index in [0.717, 1.165) is 31.4 Å². The molecule has 0 N–H and O–H groups in total. The van der Waals surface area contributed by atoms with E-state index in [2.05, 4.69) is 25.9 Å². The second-order valence-corrected chi connectivity index (χ2v) is 11.5. The molecular formula is C34H67NO. The molecule has 0 bridgehead atoms. The van der Waals surface area contributed by atoms with Gasteiger partial charge in [-0.1, -0.05) is 168 Å². The molecule has 0 unspecified atom stereocenters. The van der Waals surface area contributed by atoms with Crippen molar-refractivity contribution in [1.29, 1.82) is 0 Å². The molecule has 0 aromatic rings. The lowest BCUT2D eigenvalue weighted by molar-refractivity contribution is 0.533. The Bertz CT molecular complexity index is 470. The van der Waals surface area contributed by atoms with Crippen LogP contribution in [-0.2, 0) is 0 Å². The van der Waals surface area contributed by atoms with Gasteiger partial charge in [-0.05, 0) is 49.3 Å². The van der Waals surface area contributed by atoms with Crippen molar-refractivity contribution in [2.24, 2.45) is 5.18 Å². The van der Waals surface area contributed by atoms with Crippen molar-refractivity contribution in [2.45, 2.75) is 207 Å². The van der Waals surface area contributed by atoms with Crippen LogP contribution in [0.3, 0.4) is 0 Å². The van der Waals surface area contributed by atoms with E-state index in [1.54, 1.807) is 0 Å². The Morgan fingerprint density at radius 2 is 0.611 bits per heavy atom. The van der Waals surface area contributed by atoms with Crippen molar-refractivity contribution in [2.75, 3.05) is 0 Å². The van der Waals surface area contributed by atoms with E-state index in [0.29, 0.717) is 0 Å². The van der Waals surface area contributed by atoms with Crippen molar-refractivity contribution in [3.05, 3.63) is 16.2 Å². The predicted octanol–water partition coefficient (Wildman–Crippen LogP) is 13.4. The Hall–Kier alpha value is -0.660. The van der Waals surface area contributed by atoms with E-state index in [4.69, 9.17) is 0 Å². The lowest BCUT2D eigenvalue weighted by Gasteiger charge is -2.12. The van der Waals surface area contributed by atoms with Crippen LogP contribution in [0.2, 0.25) is 0 Å². The Kier molecular flexibility index (Phi) is 30.0. The van der Waals surface area contributed by atoms with Gasteiger partial charge in [0.15, 0.2) is 0 Å². The number of rotatable bonds is 30. The molecule has 0 saturated carbocycles. The zero-order valence-electron chi connectivity index (χ0n) is 25.4. The lowest BCUT2D eigenvalue weighted by Crippen LogP contribution is -1.94. The molecule has 0 aromatic heterocycles. The van der Waals surface area contributed by atoms with Crippen LogP contribution in [0.1, 0.15) is 207 Å². The molecule has 36 heavy (non-hydrogen) atoms. The van der Waals surface area contributed by atoms with Gasteiger partial charge in [-0.25, -0.2) is 0 Å². The molecule has 0 saturated heterocycles. The summed E-state index contributed by atoms with van der Waals surface area (Å²) >= 11 is 0. The molecule has 0 amide bonds. The van der Waals surface area contributed by atoms with Gasteiger partial charge in [-0.15, -0.1) is 4.91 Å². The third-order valence-electron chi connectivity index (χ3n) is 7.95. The first-order valence-corrected chi connectivity index (χ1v) is 16.8. The Morgan fingerprint density at radius 1 is 0.361 bits per heavy atom. The molecule has 0 radical (unpaired) electrons. The summed E-state index contributed by atoms with van der Waals surface area (Å²) in [4.78, 5) is 11.7. The Labute approximate surface area is 228 Å². The summed E-state index contributed by atoms with van der Waals surface area (Å²) in [6.07, 6.45) is 38.4. The van der Waals surface area contributed by atoms with Crippen molar-refractivity contribution in [3.8, 4) is 0 Å². The highest BCUT2D eigenvalue weighted by Gasteiger charge is 2.09. The molecule has 0 aromatic carbocycles. The van der Waals surface area contributed by atoms with Crippen LogP contribution < -0.4 is 0 Å². The summed E-state index contributed by atoms with van der Waals surface area (Å²) in [5, 5.41) is 3.56. The van der Waals surface area contributed by atoms with Crippen LogP contribution in [0.4, 0.5) is 0 Å². The third-order valence-corrected chi connectivity index (χ3v) is 7.95. The fourth-order valence-corrected chi connectivity index (χ4v) is 5.42. The summed E-state index contributed by atoms with van der Waals surface area (Å²) in [6.45, 7) is 6.84. The van der Waals surface area contributed by atoms with E-state index in [1.165, 1.54) is 166 Å². The maximum Gasteiger partial charge on any atom is 0.0841 e. The molecule has 0 aliphatic heterocycles. The molecule has 0 aliphatic carbocycles. The number of nitroso groups, excluding NO2 is 1. The van der Waals surface area contributed by atoms with Crippen LogP contribution in [0.15, 0.2) is 16.4 Å². The standard InChI is InChI=1S/C34H67NO/c1-4-7-10-13-16-17-18-19-20-21-22-23-25-28-31-33(30-27-24-14-11-8-5-2)34(35-36)32-29-26-15-12-9-6-3/h4-32H2,1-3H3. The largest absolute Gasteiger partial charge is 0.145 e. The zero-order chi connectivity index (χ0) is 26.4. The van der Waals surface area contributed by atoms with Crippen LogP contribution >= 0.6 is 0 Å². The molecular weight excluding hydrogens is 438 g/mol. The third kappa shape index (κ3) is 25.0. The van der Waals surface area contributed by atoms with Gasteiger partial charge in [-0.2, -0.15) is 0 Å². The van der Waals surface area contributed by atoms with Crippen molar-refractivity contribution in [1.82, 2.24) is 0 Å². The number of nitrogens with zero attached hydrogens (tertiary/aromatic N) is 1. The molecule has 2 nitrogen and oxygen atoms in total. The molecule has 0 spiro atoms. The monoisotopic (exact) mass is 506 g/mol. The minimum absolute atomic E-state index is 0.916. The molecule has 214 valence electrons. The fourth-order valence-electron chi connectivity index (χ4n) is 5.42. The average Bonchev–Trinajstić information content (AvgIpc) is 2.89. The summed E-state index contributed by atoms with van der Waals surface area (Å²) < 4.78 is 0. The van der Waals surface area contributed by atoms with Crippen molar-refractivity contribution >= 4 is 0 Å². The lowest BCUT2D eigenvalue weighted by atomic mass is 9.96. The van der Waals surface area contributed by atoms with Crippen LogP contribution in [-0.4, -0.2) is 0 Å². The van der Waals surface area contributed by atoms with E-state index >= 15 is 0 Å². The van der Waals surface area contributed by atoms with E-state index < -0.39 is 0 Å². The number of hydrogen-bond acceptors (Lipinski definition) is 2. The fraction of sp³-hybridized carbons (Fsp3) is 0.941. The minimum Gasteiger partial charge on any atom is -0.145 e. The SMILES string of the molecule is CCCCCCCCCCCCCCCCC(CCCCCCCC)=C(CCCCCCCC)N=O. The highest BCUT2D eigenvalue weighted by atomic mass is 16.3. The van der Waals surface area contributed by atoms with Crippen LogP contribution in [0.25, 0.3) is 0 Å². The van der Waals surface area contributed by atoms with Crippen LogP contribution in [0, 0.1) is 4.91 Å². The quantitative estimate of drug-likeness (QED) is 0.0704. The smallest absolute Gasteiger partial charge is 0.0841 e. The van der Waals surface area contributed by atoms with E-state index in [9.17, 15) is 4.91 Å². The maximum absolute atomic E-state index is 11.7. The summed E-state index contributed by atoms with van der Waals surface area (Å²) in [7, 11) is 0. The van der Waals surface area contributed by atoms with Gasteiger partial charge in [0.25, 0.3) is 0 Å². The van der Waals surface area contributed by atoms with E-state index in [-0.39, 0.29) is 0 Å². The first-order valence-electron chi connectivity index (χ1n) is 16.8. The first-order chi connectivity index (χ1) is 17.8. The molecule has 0 fully saturated rings. The summed E-state index contributed by atoms with van der Waals surface area (Å²) in [5.41, 5.74) is 2.33. The molecule has 0 heterocycles. The topological polar surface area (TPSA) is 29.4 Å². The highest BCUT2D eigenvalue weighted by molar-refractivity contribution is 5.13. The number of unbranched alkanes of at least 4 members (excludes halogenated alkanes) is 23. The van der Waals surface area contributed by atoms with Gasteiger partial charge in [0, 0.05) is 0 Å². The molecule has 0 atom stereocenters. The van der Waals surface area contributed by atoms with Gasteiger partial charge < -0.3 is 0 Å². The summed E-state index contributed by atoms with van der Waals surface area (Å²) in [5.74, 6) is 0. The van der Waals surface area contributed by atoms with E-state index in [1.807, 2.05) is 0 Å². The average molecular weight is 506 g/mol. The van der Waals surface area contributed by atoms with Crippen molar-refractivity contribution in [3.63, 3.8) is 0 Å². The minimum atomic E-state index is 0.916. The number of hydrogen-bond donors (Lipinski definition) is 0. The summed E-state index contributed by atoms with van der Waals surface area (Å²) in [6, 6.07) is 0. The molecule has 0 rings (SSSR count). The molecule has 0 aliphatic rings. The zero-order valence-corrected chi connectivity index (χ0v) is 25.4. The number of allylic oxidation sites excluding steroid dienone is 2. The van der Waals surface area contributed by atoms with Crippen molar-refractivity contribution < 1.29 is 0 Å². The normalized spacial score (nSPS) is 12.2. The molecule has 2 heteroatoms. The predicted molar refractivity (Wildman–Crippen MR) is 164 cm³/mol. The van der Waals surface area contributed by atoms with Gasteiger partial charge >= 0.3 is 0 Å². The van der Waals surface area contributed by atoms with Gasteiger partial charge in [0.05, 0.1) is 5.70 Å². The van der Waals surface area contributed by atoms with Gasteiger partial charge in [0.1, 0.15) is 0 Å². The second-order valence-electron chi connectivity index (χ2n) is 11.5.